The van der Waals surface area contributed by atoms with Gasteiger partial charge in [-0.05, 0) is 62.7 Å². The highest BCUT2D eigenvalue weighted by Crippen LogP contribution is 2.30. The van der Waals surface area contributed by atoms with Crippen molar-refractivity contribution in [2.24, 2.45) is 5.10 Å². The first-order valence-electron chi connectivity index (χ1n) is 10.4. The number of ether oxygens (including phenoxy) is 1. The Labute approximate surface area is 208 Å². The number of nitrogens with one attached hydrogen (secondary N) is 1. The first-order chi connectivity index (χ1) is 16.0. The zero-order valence-electron chi connectivity index (χ0n) is 19.7. The summed E-state index contributed by atoms with van der Waals surface area (Å²) in [5.41, 5.74) is 7.36. The van der Waals surface area contributed by atoms with Gasteiger partial charge in [-0.15, -0.1) is 0 Å². The van der Waals surface area contributed by atoms with Crippen LogP contribution in [0.25, 0.3) is 5.69 Å². The predicted molar refractivity (Wildman–Crippen MR) is 139 cm³/mol. The van der Waals surface area contributed by atoms with Crippen molar-refractivity contribution < 1.29 is 17.9 Å². The quantitative estimate of drug-likeness (QED) is 0.340. The Morgan fingerprint density at radius 3 is 2.56 bits per heavy atom. The predicted octanol–water partition coefficient (Wildman–Crippen LogP) is 4.09. The van der Waals surface area contributed by atoms with Gasteiger partial charge < -0.3 is 9.30 Å². The summed E-state index contributed by atoms with van der Waals surface area (Å²) in [5.74, 6) is -0.224. The lowest BCUT2D eigenvalue weighted by Crippen LogP contribution is -2.39. The molecule has 0 aliphatic rings. The molecule has 0 aliphatic carbocycles. The molecule has 3 aromatic rings. The number of carbonyl (C=O) groups excluding carboxylic acids is 1. The van der Waals surface area contributed by atoms with Gasteiger partial charge in [0.2, 0.25) is 10.0 Å². The van der Waals surface area contributed by atoms with E-state index in [1.54, 1.807) is 24.4 Å². The molecule has 0 saturated heterocycles. The third kappa shape index (κ3) is 5.87. The molecule has 0 spiro atoms. The number of rotatable bonds is 8. The van der Waals surface area contributed by atoms with Crippen molar-refractivity contribution in [1.29, 1.82) is 0 Å². The first-order valence-corrected chi connectivity index (χ1v) is 13.0. The van der Waals surface area contributed by atoms with Gasteiger partial charge in [0, 0.05) is 27.1 Å². The van der Waals surface area contributed by atoms with Crippen molar-refractivity contribution in [3.05, 3.63) is 75.5 Å². The number of aromatic nitrogens is 1. The number of nitrogens with zero attached hydrogens (tertiary/aromatic N) is 3. The van der Waals surface area contributed by atoms with Crippen LogP contribution in [0.1, 0.15) is 22.5 Å². The first kappa shape index (κ1) is 25.5. The van der Waals surface area contributed by atoms with Crippen molar-refractivity contribution in [3.8, 4) is 11.4 Å². The molecule has 1 heterocycles. The van der Waals surface area contributed by atoms with E-state index in [1.165, 1.54) is 7.11 Å². The average molecular weight is 547 g/mol. The molecule has 34 heavy (non-hydrogen) atoms. The van der Waals surface area contributed by atoms with E-state index in [4.69, 9.17) is 4.74 Å². The van der Waals surface area contributed by atoms with E-state index in [1.807, 2.05) is 51.1 Å². The molecule has 0 unspecified atom stereocenters. The largest absolute Gasteiger partial charge is 0.495 e. The fraction of sp³-hybridized carbons (Fsp3) is 0.250. The van der Waals surface area contributed by atoms with Gasteiger partial charge >= 0.3 is 0 Å². The highest BCUT2D eigenvalue weighted by molar-refractivity contribution is 9.10. The fourth-order valence-corrected chi connectivity index (χ4v) is 4.89. The van der Waals surface area contributed by atoms with E-state index in [-0.39, 0.29) is 0 Å². The standard InChI is InChI=1S/C24H27BrN4O4S/c1-16-9-10-23(33-4)22(11-16)28(34(5,31)32)15-24(30)27-26-14-19-12-17(2)29(18(19)3)21-8-6-7-20(25)13-21/h6-14H,15H2,1-5H3,(H,27,30)/b26-14-. The maximum atomic E-state index is 12.6. The van der Waals surface area contributed by atoms with Crippen LogP contribution >= 0.6 is 15.9 Å². The number of carbonyl (C=O) groups is 1. The Kier molecular flexibility index (Phi) is 7.83. The van der Waals surface area contributed by atoms with Crippen LogP contribution in [0.15, 0.2) is 58.1 Å². The van der Waals surface area contributed by atoms with E-state index in [2.05, 4.69) is 31.0 Å². The zero-order chi connectivity index (χ0) is 25.0. The van der Waals surface area contributed by atoms with Gasteiger partial charge in [-0.2, -0.15) is 5.10 Å². The summed E-state index contributed by atoms with van der Waals surface area (Å²) >= 11 is 3.49. The fourth-order valence-electron chi connectivity index (χ4n) is 3.65. The molecule has 0 saturated carbocycles. The Bertz CT molecular complexity index is 1350. The van der Waals surface area contributed by atoms with E-state index >= 15 is 0 Å². The number of anilines is 1. The normalized spacial score (nSPS) is 11.6. The van der Waals surface area contributed by atoms with Crippen LogP contribution in [-0.4, -0.2) is 45.0 Å². The van der Waals surface area contributed by atoms with Crippen molar-refractivity contribution >= 4 is 43.8 Å². The minimum absolute atomic E-state index is 0.293. The number of methoxy groups -OCH3 is 1. The van der Waals surface area contributed by atoms with Gasteiger partial charge in [0.15, 0.2) is 0 Å². The molecule has 180 valence electrons. The van der Waals surface area contributed by atoms with E-state index < -0.39 is 22.5 Å². The summed E-state index contributed by atoms with van der Waals surface area (Å²) in [6.45, 7) is 5.35. The van der Waals surface area contributed by atoms with Crippen LogP contribution in [0.2, 0.25) is 0 Å². The molecule has 10 heteroatoms. The molecule has 0 bridgehead atoms. The topological polar surface area (TPSA) is 93.0 Å². The molecule has 0 fully saturated rings. The van der Waals surface area contributed by atoms with Gasteiger partial charge in [-0.1, -0.05) is 28.1 Å². The number of hydrogen-bond donors (Lipinski definition) is 1. The summed E-state index contributed by atoms with van der Waals surface area (Å²) in [6.07, 6.45) is 2.59. The summed E-state index contributed by atoms with van der Waals surface area (Å²) in [6, 6.07) is 15.0. The van der Waals surface area contributed by atoms with Gasteiger partial charge in [-0.25, -0.2) is 13.8 Å². The lowest BCUT2D eigenvalue weighted by atomic mass is 10.2. The van der Waals surface area contributed by atoms with Gasteiger partial charge in [0.25, 0.3) is 5.91 Å². The Morgan fingerprint density at radius 2 is 1.91 bits per heavy atom. The Morgan fingerprint density at radius 1 is 1.18 bits per heavy atom. The van der Waals surface area contributed by atoms with Crippen LogP contribution in [0.5, 0.6) is 5.75 Å². The lowest BCUT2D eigenvalue weighted by molar-refractivity contribution is -0.119. The number of hydrazone groups is 1. The summed E-state index contributed by atoms with van der Waals surface area (Å²) < 4.78 is 34.2. The SMILES string of the molecule is COc1ccc(C)cc1N(CC(=O)N/N=C\c1cc(C)n(-c2cccc(Br)c2)c1C)S(C)(=O)=O. The smallest absolute Gasteiger partial charge is 0.260 e. The van der Waals surface area contributed by atoms with Crippen LogP contribution in [-0.2, 0) is 14.8 Å². The minimum Gasteiger partial charge on any atom is -0.495 e. The minimum atomic E-state index is -3.75. The van der Waals surface area contributed by atoms with Crippen molar-refractivity contribution in [2.75, 3.05) is 24.2 Å². The summed E-state index contributed by atoms with van der Waals surface area (Å²) in [5, 5.41) is 4.06. The third-order valence-corrected chi connectivity index (χ3v) is 6.84. The molecule has 0 aliphatic heterocycles. The van der Waals surface area contributed by atoms with Crippen molar-refractivity contribution in [2.45, 2.75) is 20.8 Å². The second kappa shape index (κ2) is 10.4. The van der Waals surface area contributed by atoms with Gasteiger partial charge in [-0.3, -0.25) is 9.10 Å². The number of hydrogen-bond acceptors (Lipinski definition) is 5. The van der Waals surface area contributed by atoms with Crippen LogP contribution in [0.3, 0.4) is 0 Å². The monoisotopic (exact) mass is 546 g/mol. The Hall–Kier alpha value is -3.11. The molecule has 1 amide bonds. The maximum absolute atomic E-state index is 12.6. The average Bonchev–Trinajstić information content (AvgIpc) is 3.04. The van der Waals surface area contributed by atoms with Crippen LogP contribution < -0.4 is 14.5 Å². The number of halogens is 1. The molecule has 0 atom stereocenters. The molecular weight excluding hydrogens is 520 g/mol. The molecule has 1 N–H and O–H groups in total. The second-order valence-electron chi connectivity index (χ2n) is 7.88. The number of aryl methyl sites for hydroxylation is 2. The molecule has 2 aromatic carbocycles. The van der Waals surface area contributed by atoms with Crippen LogP contribution in [0.4, 0.5) is 5.69 Å². The lowest BCUT2D eigenvalue weighted by Gasteiger charge is -2.23. The van der Waals surface area contributed by atoms with Crippen molar-refractivity contribution in [1.82, 2.24) is 9.99 Å². The van der Waals surface area contributed by atoms with E-state index in [0.29, 0.717) is 11.4 Å². The molecule has 3 rings (SSSR count). The van der Waals surface area contributed by atoms with E-state index in [9.17, 15) is 13.2 Å². The molecule has 0 radical (unpaired) electrons. The number of benzene rings is 2. The zero-order valence-corrected chi connectivity index (χ0v) is 22.1. The highest BCUT2D eigenvalue weighted by Gasteiger charge is 2.24. The summed E-state index contributed by atoms with van der Waals surface area (Å²) in [4.78, 5) is 12.6. The second-order valence-corrected chi connectivity index (χ2v) is 10.7. The summed E-state index contributed by atoms with van der Waals surface area (Å²) in [7, 11) is -2.30. The van der Waals surface area contributed by atoms with Gasteiger partial charge in [0.1, 0.15) is 12.3 Å². The third-order valence-electron chi connectivity index (χ3n) is 5.22. The highest BCUT2D eigenvalue weighted by atomic mass is 79.9. The van der Waals surface area contributed by atoms with Crippen LogP contribution in [0, 0.1) is 20.8 Å². The molecular formula is C24H27BrN4O4S. The number of amides is 1. The Balaban J connectivity index is 1.78. The number of sulfonamides is 1. The molecule has 8 nitrogen and oxygen atoms in total. The van der Waals surface area contributed by atoms with Crippen molar-refractivity contribution in [3.63, 3.8) is 0 Å². The maximum Gasteiger partial charge on any atom is 0.260 e. The van der Waals surface area contributed by atoms with E-state index in [0.717, 1.165) is 43.2 Å². The van der Waals surface area contributed by atoms with Gasteiger partial charge in [0.05, 0.1) is 25.3 Å². The molecule has 1 aromatic heterocycles.